The summed E-state index contributed by atoms with van der Waals surface area (Å²) in [6, 6.07) is 0. The van der Waals surface area contributed by atoms with E-state index in [1.54, 1.807) is 7.11 Å². The molecule has 1 heterocycles. The largest absolute Gasteiger partial charge is 0.382 e. The number of rotatable bonds is 9. The normalized spacial score (nSPS) is 21.8. The van der Waals surface area contributed by atoms with E-state index in [2.05, 4.69) is 4.90 Å². The fourth-order valence-electron chi connectivity index (χ4n) is 1.84. The van der Waals surface area contributed by atoms with E-state index in [0.717, 1.165) is 32.6 Å². The maximum atomic E-state index is 5.71. The molecule has 96 valence electrons. The van der Waals surface area contributed by atoms with Crippen LogP contribution in [0.3, 0.4) is 0 Å². The molecule has 0 saturated carbocycles. The molecular formula is C11H24N2O3. The molecule has 0 aromatic rings. The van der Waals surface area contributed by atoms with Crippen molar-refractivity contribution in [3.05, 3.63) is 0 Å². The SMILES string of the molecule is COCCOCCOC1CCN(CCN)C1. The number of methoxy groups -OCH3 is 1. The summed E-state index contributed by atoms with van der Waals surface area (Å²) < 4.78 is 15.9. The van der Waals surface area contributed by atoms with Gasteiger partial charge >= 0.3 is 0 Å². The molecule has 1 rings (SSSR count). The highest BCUT2D eigenvalue weighted by Crippen LogP contribution is 2.11. The van der Waals surface area contributed by atoms with Crippen LogP contribution >= 0.6 is 0 Å². The minimum Gasteiger partial charge on any atom is -0.382 e. The maximum absolute atomic E-state index is 5.71. The van der Waals surface area contributed by atoms with E-state index in [1.807, 2.05) is 0 Å². The zero-order valence-electron chi connectivity index (χ0n) is 10.2. The molecule has 0 radical (unpaired) electrons. The van der Waals surface area contributed by atoms with Gasteiger partial charge in [0, 0.05) is 33.3 Å². The summed E-state index contributed by atoms with van der Waals surface area (Å²) in [6.07, 6.45) is 1.47. The molecule has 16 heavy (non-hydrogen) atoms. The Kier molecular flexibility index (Phi) is 7.71. The molecule has 1 aliphatic rings. The first kappa shape index (κ1) is 13.9. The molecular weight excluding hydrogens is 208 g/mol. The predicted octanol–water partition coefficient (Wildman–Crippen LogP) is -0.301. The molecule has 0 aromatic heterocycles. The lowest BCUT2D eigenvalue weighted by Gasteiger charge is -2.15. The first-order valence-corrected chi connectivity index (χ1v) is 5.97. The quantitative estimate of drug-likeness (QED) is 0.553. The van der Waals surface area contributed by atoms with Crippen LogP contribution < -0.4 is 5.73 Å². The van der Waals surface area contributed by atoms with Crippen molar-refractivity contribution < 1.29 is 14.2 Å². The molecule has 1 saturated heterocycles. The average molecular weight is 232 g/mol. The number of likely N-dealkylation sites (tertiary alicyclic amines) is 1. The van der Waals surface area contributed by atoms with E-state index in [9.17, 15) is 0 Å². The number of ether oxygens (including phenoxy) is 3. The molecule has 2 N–H and O–H groups in total. The molecule has 5 heteroatoms. The lowest BCUT2D eigenvalue weighted by molar-refractivity contribution is -0.00270. The standard InChI is InChI=1S/C11H24N2O3/c1-14-6-7-15-8-9-16-11-2-4-13(10-11)5-3-12/h11H,2-10,12H2,1H3. The Hall–Kier alpha value is -0.200. The summed E-state index contributed by atoms with van der Waals surface area (Å²) in [5.74, 6) is 0. The summed E-state index contributed by atoms with van der Waals surface area (Å²) in [7, 11) is 1.67. The number of nitrogens with two attached hydrogens (primary N) is 1. The molecule has 1 atom stereocenters. The van der Waals surface area contributed by atoms with E-state index in [4.69, 9.17) is 19.9 Å². The van der Waals surface area contributed by atoms with Crippen molar-refractivity contribution in [2.24, 2.45) is 5.73 Å². The van der Waals surface area contributed by atoms with Gasteiger partial charge in [-0.3, -0.25) is 4.90 Å². The van der Waals surface area contributed by atoms with E-state index in [-0.39, 0.29) is 0 Å². The van der Waals surface area contributed by atoms with Gasteiger partial charge < -0.3 is 19.9 Å². The molecule has 0 spiro atoms. The Morgan fingerprint density at radius 1 is 1.25 bits per heavy atom. The Morgan fingerprint density at radius 2 is 2.06 bits per heavy atom. The number of hydrogen-bond acceptors (Lipinski definition) is 5. The van der Waals surface area contributed by atoms with Gasteiger partial charge in [-0.1, -0.05) is 0 Å². The van der Waals surface area contributed by atoms with Crippen LogP contribution in [0.4, 0.5) is 0 Å². The summed E-state index contributed by atoms with van der Waals surface area (Å²) in [6.45, 7) is 6.43. The van der Waals surface area contributed by atoms with Gasteiger partial charge in [-0.2, -0.15) is 0 Å². The minimum atomic E-state index is 0.359. The molecule has 0 amide bonds. The fourth-order valence-corrected chi connectivity index (χ4v) is 1.84. The van der Waals surface area contributed by atoms with E-state index in [1.165, 1.54) is 0 Å². The summed E-state index contributed by atoms with van der Waals surface area (Å²) in [4.78, 5) is 2.34. The zero-order chi connectivity index (χ0) is 11.6. The van der Waals surface area contributed by atoms with Gasteiger partial charge in [-0.05, 0) is 6.42 Å². The van der Waals surface area contributed by atoms with Crippen molar-refractivity contribution in [3.63, 3.8) is 0 Å². The monoisotopic (exact) mass is 232 g/mol. The van der Waals surface area contributed by atoms with E-state index < -0.39 is 0 Å². The highest BCUT2D eigenvalue weighted by molar-refractivity contribution is 4.75. The highest BCUT2D eigenvalue weighted by atomic mass is 16.5. The van der Waals surface area contributed by atoms with Crippen molar-refractivity contribution in [1.82, 2.24) is 4.90 Å². The third-order valence-corrected chi connectivity index (χ3v) is 2.69. The Balaban J connectivity index is 1.90. The predicted molar refractivity (Wildman–Crippen MR) is 62.5 cm³/mol. The Morgan fingerprint density at radius 3 is 2.81 bits per heavy atom. The topological polar surface area (TPSA) is 57.0 Å². The molecule has 5 nitrogen and oxygen atoms in total. The van der Waals surface area contributed by atoms with Gasteiger partial charge in [-0.25, -0.2) is 0 Å². The van der Waals surface area contributed by atoms with Crippen LogP contribution in [0, 0.1) is 0 Å². The maximum Gasteiger partial charge on any atom is 0.0715 e. The second-order valence-electron chi connectivity index (χ2n) is 3.98. The lowest BCUT2D eigenvalue weighted by atomic mass is 10.3. The number of hydrogen-bond donors (Lipinski definition) is 1. The van der Waals surface area contributed by atoms with Crippen LogP contribution in [-0.4, -0.2) is 70.7 Å². The summed E-state index contributed by atoms with van der Waals surface area (Å²) >= 11 is 0. The van der Waals surface area contributed by atoms with Gasteiger partial charge in [-0.15, -0.1) is 0 Å². The fraction of sp³-hybridized carbons (Fsp3) is 1.00. The third kappa shape index (κ3) is 5.77. The van der Waals surface area contributed by atoms with E-state index in [0.29, 0.717) is 32.5 Å². The second kappa shape index (κ2) is 8.90. The highest BCUT2D eigenvalue weighted by Gasteiger charge is 2.21. The summed E-state index contributed by atoms with van der Waals surface area (Å²) in [5, 5.41) is 0. The van der Waals surface area contributed by atoms with Gasteiger partial charge in [0.1, 0.15) is 0 Å². The van der Waals surface area contributed by atoms with Gasteiger partial charge in [0.05, 0.1) is 32.5 Å². The average Bonchev–Trinajstić information content (AvgIpc) is 2.72. The smallest absolute Gasteiger partial charge is 0.0715 e. The molecule has 0 aromatic carbocycles. The van der Waals surface area contributed by atoms with Crippen LogP contribution in [0.25, 0.3) is 0 Å². The first-order chi connectivity index (χ1) is 7.86. The second-order valence-corrected chi connectivity index (χ2v) is 3.98. The van der Waals surface area contributed by atoms with Gasteiger partial charge in [0.25, 0.3) is 0 Å². The molecule has 0 bridgehead atoms. The van der Waals surface area contributed by atoms with Crippen molar-refractivity contribution in [2.75, 3.05) is 59.7 Å². The van der Waals surface area contributed by atoms with Crippen molar-refractivity contribution in [2.45, 2.75) is 12.5 Å². The Bertz CT molecular complexity index is 169. The molecule has 1 unspecified atom stereocenters. The lowest BCUT2D eigenvalue weighted by Crippen LogP contribution is -2.29. The summed E-state index contributed by atoms with van der Waals surface area (Å²) in [5.41, 5.74) is 5.51. The Labute approximate surface area is 97.8 Å². The van der Waals surface area contributed by atoms with Crippen LogP contribution in [0.1, 0.15) is 6.42 Å². The van der Waals surface area contributed by atoms with Crippen molar-refractivity contribution in [3.8, 4) is 0 Å². The van der Waals surface area contributed by atoms with E-state index >= 15 is 0 Å². The first-order valence-electron chi connectivity index (χ1n) is 5.97. The number of nitrogens with zero attached hydrogens (tertiary/aromatic N) is 1. The molecule has 1 aliphatic heterocycles. The van der Waals surface area contributed by atoms with Gasteiger partial charge in [0.2, 0.25) is 0 Å². The molecule has 0 aliphatic carbocycles. The third-order valence-electron chi connectivity index (χ3n) is 2.69. The van der Waals surface area contributed by atoms with Crippen molar-refractivity contribution in [1.29, 1.82) is 0 Å². The van der Waals surface area contributed by atoms with Crippen LogP contribution in [0.2, 0.25) is 0 Å². The van der Waals surface area contributed by atoms with Crippen LogP contribution in [-0.2, 0) is 14.2 Å². The minimum absolute atomic E-state index is 0.359. The van der Waals surface area contributed by atoms with Crippen LogP contribution in [0.5, 0.6) is 0 Å². The zero-order valence-corrected chi connectivity index (χ0v) is 10.2. The van der Waals surface area contributed by atoms with Gasteiger partial charge in [0.15, 0.2) is 0 Å². The van der Waals surface area contributed by atoms with Crippen molar-refractivity contribution >= 4 is 0 Å². The van der Waals surface area contributed by atoms with Crippen LogP contribution in [0.15, 0.2) is 0 Å². The molecule has 1 fully saturated rings.